The highest BCUT2D eigenvalue weighted by molar-refractivity contribution is 5.81. The number of hydrogen-bond acceptors (Lipinski definition) is 11. The van der Waals surface area contributed by atoms with E-state index in [9.17, 15) is 42.6 Å². The maximum absolute atomic E-state index is 12.2. The number of carbonyl (C=O) groups is 2. The first kappa shape index (κ1) is 33.2. The molecule has 2 amide bonds. The fourth-order valence-corrected chi connectivity index (χ4v) is 3.40. The lowest BCUT2D eigenvalue weighted by atomic mass is 10.1. The second-order valence-corrected chi connectivity index (χ2v) is 8.35. The molecule has 18 heteroatoms. The van der Waals surface area contributed by atoms with Crippen molar-refractivity contribution in [2.24, 2.45) is 0 Å². The first-order chi connectivity index (χ1) is 19.0. The van der Waals surface area contributed by atoms with E-state index in [1.54, 1.807) is 5.32 Å². The number of nitrogens with zero attached hydrogens (tertiary/aromatic N) is 1. The molecule has 0 radical (unpaired) electrons. The molecule has 15 nitrogen and oxygen atoms in total. The van der Waals surface area contributed by atoms with Gasteiger partial charge in [-0.2, -0.15) is 13.2 Å². The summed E-state index contributed by atoms with van der Waals surface area (Å²) in [5.41, 5.74) is -1.50. The van der Waals surface area contributed by atoms with Gasteiger partial charge in [0.25, 0.3) is 5.56 Å². The third-order valence-electron chi connectivity index (χ3n) is 5.35. The topological polar surface area (TPSA) is 200 Å². The molecule has 5 N–H and O–H groups in total. The smallest absolute Gasteiger partial charge is 0.439 e. The quantitative estimate of drug-likeness (QED) is 0.132. The van der Waals surface area contributed by atoms with E-state index < -0.39 is 60.6 Å². The van der Waals surface area contributed by atoms with E-state index in [2.05, 4.69) is 5.32 Å². The number of aromatic nitrogens is 2. The van der Waals surface area contributed by atoms with Gasteiger partial charge in [0.15, 0.2) is 12.3 Å². The Kier molecular flexibility index (Phi) is 14.0. The van der Waals surface area contributed by atoms with Gasteiger partial charge in [-0.1, -0.05) is 0 Å². The van der Waals surface area contributed by atoms with E-state index >= 15 is 0 Å². The minimum atomic E-state index is -4.90. The van der Waals surface area contributed by atoms with Crippen LogP contribution in [0.2, 0.25) is 0 Å². The Hall–Kier alpha value is -3.03. The summed E-state index contributed by atoms with van der Waals surface area (Å²) < 4.78 is 63.4. The van der Waals surface area contributed by atoms with Crippen molar-refractivity contribution in [2.45, 2.75) is 43.6 Å². The van der Waals surface area contributed by atoms with Crippen LogP contribution in [0, 0.1) is 0 Å². The fourth-order valence-electron chi connectivity index (χ4n) is 3.40. The molecule has 2 heterocycles. The monoisotopic (exact) mass is 586 g/mol. The zero-order chi connectivity index (χ0) is 29.5. The molecular weight excluding hydrogens is 553 g/mol. The molecule has 0 unspecified atom stereocenters. The van der Waals surface area contributed by atoms with Crippen LogP contribution in [-0.4, -0.2) is 116 Å². The summed E-state index contributed by atoms with van der Waals surface area (Å²) in [6, 6.07) is 1.05. The van der Waals surface area contributed by atoms with Crippen LogP contribution in [0.1, 0.15) is 19.1 Å². The van der Waals surface area contributed by atoms with Gasteiger partial charge < -0.3 is 44.5 Å². The SMILES string of the molecule is O=C(NCCCOCCOCCOCCCNC(=O)C(F)(F)F)O[C@@H]1[C@H](O)[C@@H](CO)O[C@H]1n1ccc(=O)[nH]c1=O. The average molecular weight is 587 g/mol. The molecule has 0 bridgehead atoms. The standard InChI is InChI=1S/C22H33F3N4O11/c23-22(24,25)19(33)26-4-1-7-36-9-11-38-12-10-37-8-2-5-27-21(35)40-17-16(32)14(13-30)39-18(17)29-6-3-15(31)28-20(29)34/h3,6,14,16-18,30,32H,1-2,4-5,7-13H2,(H,26,33)(H,27,35)(H,28,31,34)/t14-,16-,17-,18-/m1/s1. The largest absolute Gasteiger partial charge is 0.471 e. The van der Waals surface area contributed by atoms with Crippen molar-refractivity contribution in [2.75, 3.05) is 59.3 Å². The first-order valence-electron chi connectivity index (χ1n) is 12.3. The molecule has 1 saturated heterocycles. The van der Waals surface area contributed by atoms with Crippen LogP contribution >= 0.6 is 0 Å². The van der Waals surface area contributed by atoms with Gasteiger partial charge in [0.1, 0.15) is 12.2 Å². The van der Waals surface area contributed by atoms with Gasteiger partial charge in [-0.25, -0.2) is 9.59 Å². The highest BCUT2D eigenvalue weighted by Crippen LogP contribution is 2.30. The number of H-pyrrole nitrogens is 1. The van der Waals surface area contributed by atoms with Crippen LogP contribution < -0.4 is 21.9 Å². The molecule has 1 aromatic rings. The number of halogens is 3. The first-order valence-corrected chi connectivity index (χ1v) is 12.3. The summed E-state index contributed by atoms with van der Waals surface area (Å²) in [6.07, 6.45) is -9.22. The van der Waals surface area contributed by atoms with Crippen molar-refractivity contribution in [3.8, 4) is 0 Å². The van der Waals surface area contributed by atoms with Crippen molar-refractivity contribution in [1.29, 1.82) is 0 Å². The number of rotatable bonds is 17. The molecule has 1 fully saturated rings. The molecule has 4 atom stereocenters. The number of alkyl carbamates (subject to hydrolysis) is 1. The van der Waals surface area contributed by atoms with Crippen LogP contribution in [0.5, 0.6) is 0 Å². The molecule has 2 rings (SSSR count). The molecule has 1 aromatic heterocycles. The van der Waals surface area contributed by atoms with Gasteiger partial charge in [-0.05, 0) is 12.8 Å². The van der Waals surface area contributed by atoms with Crippen molar-refractivity contribution < 1.29 is 56.7 Å². The number of aliphatic hydroxyl groups is 2. The summed E-state index contributed by atoms with van der Waals surface area (Å²) in [5.74, 6) is -1.99. The minimum Gasteiger partial charge on any atom is -0.439 e. The number of aromatic amines is 1. The maximum atomic E-state index is 12.2. The van der Waals surface area contributed by atoms with Crippen molar-refractivity contribution >= 4 is 12.0 Å². The van der Waals surface area contributed by atoms with Gasteiger partial charge in [-0.3, -0.25) is 19.1 Å². The lowest BCUT2D eigenvalue weighted by Gasteiger charge is -2.22. The van der Waals surface area contributed by atoms with Crippen molar-refractivity contribution in [3.63, 3.8) is 0 Å². The normalized spacial score (nSPS) is 20.8. The van der Waals surface area contributed by atoms with Gasteiger partial charge in [-0.15, -0.1) is 0 Å². The summed E-state index contributed by atoms with van der Waals surface area (Å²) in [7, 11) is 0. The highest BCUT2D eigenvalue weighted by atomic mass is 19.4. The summed E-state index contributed by atoms with van der Waals surface area (Å²) >= 11 is 0. The van der Waals surface area contributed by atoms with Gasteiger partial charge >= 0.3 is 23.9 Å². The third-order valence-corrected chi connectivity index (χ3v) is 5.35. The van der Waals surface area contributed by atoms with Crippen LogP contribution in [0.3, 0.4) is 0 Å². The molecule has 0 aromatic carbocycles. The van der Waals surface area contributed by atoms with E-state index in [0.29, 0.717) is 6.42 Å². The zero-order valence-corrected chi connectivity index (χ0v) is 21.4. The Balaban J connectivity index is 1.52. The molecule has 1 aliphatic rings. The predicted molar refractivity (Wildman–Crippen MR) is 127 cm³/mol. The number of alkyl halides is 3. The highest BCUT2D eigenvalue weighted by Gasteiger charge is 2.47. The Bertz CT molecular complexity index is 1040. The van der Waals surface area contributed by atoms with Crippen LogP contribution in [0.25, 0.3) is 0 Å². The number of hydrogen-bond donors (Lipinski definition) is 5. The van der Waals surface area contributed by atoms with E-state index in [1.165, 1.54) is 0 Å². The van der Waals surface area contributed by atoms with Gasteiger partial charge in [0, 0.05) is 38.6 Å². The summed E-state index contributed by atoms with van der Waals surface area (Å²) in [5, 5.41) is 23.9. The number of nitrogens with one attached hydrogen (secondary N) is 3. The molecule has 0 aliphatic carbocycles. The number of aliphatic hydroxyl groups excluding tert-OH is 2. The molecule has 0 saturated carbocycles. The zero-order valence-electron chi connectivity index (χ0n) is 21.4. The number of ether oxygens (including phenoxy) is 5. The lowest BCUT2D eigenvalue weighted by molar-refractivity contribution is -0.173. The van der Waals surface area contributed by atoms with Crippen molar-refractivity contribution in [1.82, 2.24) is 20.2 Å². The van der Waals surface area contributed by atoms with Crippen LogP contribution in [0.4, 0.5) is 18.0 Å². The minimum absolute atomic E-state index is 0.153. The van der Waals surface area contributed by atoms with Crippen molar-refractivity contribution in [3.05, 3.63) is 33.1 Å². The molecule has 0 spiro atoms. The molecule has 228 valence electrons. The molecular formula is C22H33F3N4O11. The summed E-state index contributed by atoms with van der Waals surface area (Å²) in [4.78, 5) is 48.2. The second kappa shape index (κ2) is 16.9. The number of amides is 2. The fraction of sp³-hybridized carbons (Fsp3) is 0.727. The maximum Gasteiger partial charge on any atom is 0.471 e. The van der Waals surface area contributed by atoms with E-state index in [4.69, 9.17) is 23.7 Å². The third kappa shape index (κ3) is 11.2. The van der Waals surface area contributed by atoms with Crippen LogP contribution in [-0.2, 0) is 28.5 Å². The van der Waals surface area contributed by atoms with E-state index in [0.717, 1.165) is 16.8 Å². The second-order valence-electron chi connectivity index (χ2n) is 8.35. The Labute approximate surface area is 225 Å². The average Bonchev–Trinajstić information content (AvgIpc) is 3.20. The lowest BCUT2D eigenvalue weighted by Crippen LogP contribution is -2.42. The van der Waals surface area contributed by atoms with Crippen LogP contribution in [0.15, 0.2) is 21.9 Å². The van der Waals surface area contributed by atoms with E-state index in [1.807, 2.05) is 4.98 Å². The molecule has 40 heavy (non-hydrogen) atoms. The van der Waals surface area contributed by atoms with E-state index in [-0.39, 0.29) is 59.2 Å². The Morgan fingerprint density at radius 3 is 2.12 bits per heavy atom. The Morgan fingerprint density at radius 1 is 1.00 bits per heavy atom. The predicted octanol–water partition coefficient (Wildman–Crippen LogP) is -1.61. The van der Waals surface area contributed by atoms with Gasteiger partial charge in [0.05, 0.1) is 33.0 Å². The van der Waals surface area contributed by atoms with Gasteiger partial charge in [0.2, 0.25) is 0 Å². The Morgan fingerprint density at radius 2 is 1.57 bits per heavy atom. The molecule has 1 aliphatic heterocycles. The number of carbonyl (C=O) groups excluding carboxylic acids is 2. The summed E-state index contributed by atoms with van der Waals surface area (Å²) in [6.45, 7) is 0.834.